The molecular weight excluding hydrogens is 457 g/mol. The third-order valence-corrected chi connectivity index (χ3v) is 6.94. The summed E-state index contributed by atoms with van der Waals surface area (Å²) in [4.78, 5) is 12.7. The van der Waals surface area contributed by atoms with Crippen molar-refractivity contribution in [3.05, 3.63) is 69.1 Å². The maximum atomic E-state index is 13.5. The van der Waals surface area contributed by atoms with Gasteiger partial charge in [0.05, 0.1) is 12.7 Å². The van der Waals surface area contributed by atoms with Crippen molar-refractivity contribution in [1.29, 1.82) is 0 Å². The summed E-state index contributed by atoms with van der Waals surface area (Å²) in [5, 5.41) is 0. The monoisotopic (exact) mass is 486 g/mol. The summed E-state index contributed by atoms with van der Waals surface area (Å²) in [7, 11) is -2.48. The normalized spacial score (nSPS) is 20.0. The van der Waals surface area contributed by atoms with Crippen LogP contribution in [0.25, 0.3) is 0 Å². The Kier molecular flexibility index (Phi) is 8.36. The molecule has 1 saturated carbocycles. The van der Waals surface area contributed by atoms with Crippen LogP contribution in [0.5, 0.6) is 0 Å². The summed E-state index contributed by atoms with van der Waals surface area (Å²) in [5.41, 5.74) is 1.58. The molecule has 1 aromatic carbocycles. The molecule has 1 N–H and O–H groups in total. The molecule has 0 bridgehead atoms. The second-order valence-electron chi connectivity index (χ2n) is 8.67. The molecule has 33 heavy (non-hydrogen) atoms. The van der Waals surface area contributed by atoms with Crippen molar-refractivity contribution in [1.82, 2.24) is 9.29 Å². The van der Waals surface area contributed by atoms with E-state index < -0.39 is 33.6 Å². The van der Waals surface area contributed by atoms with E-state index in [1.807, 2.05) is 6.92 Å². The highest BCUT2D eigenvalue weighted by atomic mass is 32.2. The number of hydrogen-bond acceptors (Lipinski definition) is 4. The molecule has 1 aliphatic rings. The maximum Gasteiger partial charge on any atom is 0.253 e. The SMILES string of the molecule is Cc1cc(C(CNS(=O)(=O)CF)COC2CCC(c3cc(F)cc(F)c3)CC2)c(=O)n(C)c1. The first-order valence-electron chi connectivity index (χ1n) is 10.9. The van der Waals surface area contributed by atoms with Gasteiger partial charge in [0, 0.05) is 37.3 Å². The Bertz CT molecular complexity index is 1110. The van der Waals surface area contributed by atoms with E-state index in [2.05, 4.69) is 4.72 Å². The lowest BCUT2D eigenvalue weighted by Crippen LogP contribution is -2.35. The number of rotatable bonds is 9. The van der Waals surface area contributed by atoms with Crippen molar-refractivity contribution in [2.24, 2.45) is 7.05 Å². The fraction of sp³-hybridized carbons (Fsp3) is 0.522. The first kappa shape index (κ1) is 25.5. The number of sulfonamides is 1. The molecule has 0 radical (unpaired) electrons. The van der Waals surface area contributed by atoms with Crippen LogP contribution in [0.2, 0.25) is 0 Å². The third-order valence-electron chi connectivity index (χ3n) is 6.04. The van der Waals surface area contributed by atoms with Crippen LogP contribution >= 0.6 is 0 Å². The molecule has 1 aliphatic carbocycles. The smallest absolute Gasteiger partial charge is 0.253 e. The average molecular weight is 487 g/mol. The van der Waals surface area contributed by atoms with E-state index in [1.54, 1.807) is 19.3 Å². The Morgan fingerprint density at radius 2 is 1.76 bits per heavy atom. The Balaban J connectivity index is 1.67. The van der Waals surface area contributed by atoms with Gasteiger partial charge in [-0.3, -0.25) is 4.79 Å². The van der Waals surface area contributed by atoms with Gasteiger partial charge >= 0.3 is 0 Å². The van der Waals surface area contributed by atoms with E-state index in [9.17, 15) is 26.4 Å². The van der Waals surface area contributed by atoms with Crippen molar-refractivity contribution in [3.8, 4) is 0 Å². The minimum Gasteiger partial charge on any atom is -0.378 e. The number of nitrogens with zero attached hydrogens (tertiary/aromatic N) is 1. The van der Waals surface area contributed by atoms with E-state index in [4.69, 9.17) is 4.74 Å². The van der Waals surface area contributed by atoms with Crippen LogP contribution in [-0.4, -0.2) is 38.2 Å². The zero-order valence-corrected chi connectivity index (χ0v) is 19.5. The quantitative estimate of drug-likeness (QED) is 0.587. The lowest BCUT2D eigenvalue weighted by atomic mass is 9.82. The van der Waals surface area contributed by atoms with E-state index in [0.717, 1.165) is 11.6 Å². The molecule has 1 fully saturated rings. The molecule has 3 rings (SSSR count). The number of ether oxygens (including phenoxy) is 1. The summed E-state index contributed by atoms with van der Waals surface area (Å²) < 4.78 is 72.7. The van der Waals surface area contributed by atoms with Crippen LogP contribution in [0.1, 0.15) is 54.2 Å². The Labute approximate surface area is 191 Å². The average Bonchev–Trinajstić information content (AvgIpc) is 2.76. The van der Waals surface area contributed by atoms with Gasteiger partial charge in [0.2, 0.25) is 16.0 Å². The molecule has 0 spiro atoms. The number of halogens is 3. The third kappa shape index (κ3) is 6.91. The van der Waals surface area contributed by atoms with Crippen LogP contribution in [-0.2, 0) is 21.8 Å². The summed E-state index contributed by atoms with van der Waals surface area (Å²) in [6, 6.07) is 3.71. The van der Waals surface area contributed by atoms with Gasteiger partial charge in [-0.05, 0) is 67.9 Å². The Morgan fingerprint density at radius 1 is 1.12 bits per heavy atom. The molecule has 1 atom stereocenters. The first-order valence-corrected chi connectivity index (χ1v) is 12.5. The molecule has 0 saturated heterocycles. The molecule has 0 aliphatic heterocycles. The molecule has 10 heteroatoms. The van der Waals surface area contributed by atoms with Gasteiger partial charge in [0.25, 0.3) is 5.56 Å². The lowest BCUT2D eigenvalue weighted by Gasteiger charge is -2.30. The van der Waals surface area contributed by atoms with Gasteiger partial charge in [0.1, 0.15) is 11.6 Å². The van der Waals surface area contributed by atoms with Gasteiger partial charge in [0.15, 0.2) is 0 Å². The highest BCUT2D eigenvalue weighted by Crippen LogP contribution is 2.35. The van der Waals surface area contributed by atoms with Crippen molar-refractivity contribution in [2.45, 2.75) is 50.5 Å². The molecule has 1 heterocycles. The number of alkyl halides is 1. The van der Waals surface area contributed by atoms with Gasteiger partial charge in [-0.15, -0.1) is 0 Å². The van der Waals surface area contributed by atoms with Crippen LogP contribution < -0.4 is 10.3 Å². The number of pyridine rings is 1. The Hall–Kier alpha value is -2.17. The lowest BCUT2D eigenvalue weighted by molar-refractivity contribution is 0.0168. The number of aryl methyl sites for hydroxylation is 2. The maximum absolute atomic E-state index is 13.5. The highest BCUT2D eigenvalue weighted by molar-refractivity contribution is 7.89. The van der Waals surface area contributed by atoms with Gasteiger partial charge < -0.3 is 9.30 Å². The second kappa shape index (κ2) is 10.8. The van der Waals surface area contributed by atoms with E-state index in [-0.39, 0.29) is 30.7 Å². The summed E-state index contributed by atoms with van der Waals surface area (Å²) in [6.45, 7) is 1.74. The van der Waals surface area contributed by atoms with Crippen LogP contribution in [0.3, 0.4) is 0 Å². The van der Waals surface area contributed by atoms with Gasteiger partial charge in [-0.1, -0.05) is 0 Å². The number of nitrogens with one attached hydrogen (secondary N) is 1. The van der Waals surface area contributed by atoms with Crippen molar-refractivity contribution < 1.29 is 26.3 Å². The number of aromatic nitrogens is 1. The summed E-state index contributed by atoms with van der Waals surface area (Å²) in [6.07, 6.45) is 4.26. The van der Waals surface area contributed by atoms with Gasteiger partial charge in [-0.25, -0.2) is 26.3 Å². The zero-order valence-electron chi connectivity index (χ0n) is 18.7. The molecule has 0 amide bonds. The van der Waals surface area contributed by atoms with E-state index in [0.29, 0.717) is 36.8 Å². The van der Waals surface area contributed by atoms with E-state index in [1.165, 1.54) is 16.7 Å². The molecule has 1 aromatic heterocycles. The highest BCUT2D eigenvalue weighted by Gasteiger charge is 2.26. The van der Waals surface area contributed by atoms with Crippen molar-refractivity contribution >= 4 is 10.0 Å². The molecule has 1 unspecified atom stereocenters. The van der Waals surface area contributed by atoms with E-state index >= 15 is 0 Å². The molecular formula is C23H29F3N2O4S. The molecule has 6 nitrogen and oxygen atoms in total. The van der Waals surface area contributed by atoms with Gasteiger partial charge in [-0.2, -0.15) is 0 Å². The fourth-order valence-electron chi connectivity index (χ4n) is 4.36. The summed E-state index contributed by atoms with van der Waals surface area (Å²) >= 11 is 0. The minimum atomic E-state index is -4.09. The zero-order chi connectivity index (χ0) is 24.2. The topological polar surface area (TPSA) is 77.4 Å². The van der Waals surface area contributed by atoms with Crippen LogP contribution in [0.4, 0.5) is 13.2 Å². The minimum absolute atomic E-state index is 0.0336. The molecule has 182 valence electrons. The fourth-order valence-corrected chi connectivity index (χ4v) is 4.89. The Morgan fingerprint density at radius 3 is 2.36 bits per heavy atom. The van der Waals surface area contributed by atoms with Crippen molar-refractivity contribution in [2.75, 3.05) is 19.2 Å². The standard InChI is InChI=1S/C23H29F3N2O4S/c1-15-7-22(23(29)28(2)12-15)18(11-27-33(30,31)14-24)13-32-21-5-3-16(4-6-21)17-8-19(25)10-20(26)9-17/h7-10,12,16,18,21,27H,3-6,11,13-14H2,1-2H3. The molecule has 2 aromatic rings. The predicted octanol–water partition coefficient (Wildman–Crippen LogP) is 3.64. The van der Waals surface area contributed by atoms with Crippen molar-refractivity contribution in [3.63, 3.8) is 0 Å². The predicted molar refractivity (Wildman–Crippen MR) is 119 cm³/mol. The number of benzene rings is 1. The second-order valence-corrected chi connectivity index (χ2v) is 10.4. The largest absolute Gasteiger partial charge is 0.378 e. The summed E-state index contributed by atoms with van der Waals surface area (Å²) in [5.74, 6) is -1.75. The van der Waals surface area contributed by atoms with Crippen LogP contribution in [0.15, 0.2) is 35.3 Å². The first-order chi connectivity index (χ1) is 15.6. The number of hydrogen-bond donors (Lipinski definition) is 1. The van der Waals surface area contributed by atoms with Crippen LogP contribution in [0, 0.1) is 18.6 Å².